The molecule has 52 valence electrons. The van der Waals surface area contributed by atoms with Gasteiger partial charge in [0, 0.05) is 0 Å². The van der Waals surface area contributed by atoms with Crippen LogP contribution in [0.25, 0.3) is 0 Å². The van der Waals surface area contributed by atoms with Crippen molar-refractivity contribution in [2.75, 3.05) is 0 Å². The summed E-state index contributed by atoms with van der Waals surface area (Å²) in [7, 11) is 0. The molecule has 0 atom stereocenters. The van der Waals surface area contributed by atoms with Crippen molar-refractivity contribution in [3.8, 4) is 0 Å². The molecule has 1 aromatic carbocycles. The first-order valence-electron chi connectivity index (χ1n) is 2.52. The van der Waals surface area contributed by atoms with Crippen LogP contribution in [-0.4, -0.2) is 15.7 Å². The average molecular weight is 220 g/mol. The Balaban J connectivity index is 3.21. The molecule has 0 heterocycles. The second kappa shape index (κ2) is 3.27. The summed E-state index contributed by atoms with van der Waals surface area (Å²) in [5, 5.41) is 0.372. The van der Waals surface area contributed by atoms with Gasteiger partial charge < -0.3 is 0 Å². The van der Waals surface area contributed by atoms with Gasteiger partial charge in [-0.05, 0) is 0 Å². The van der Waals surface area contributed by atoms with Gasteiger partial charge in [-0.1, -0.05) is 0 Å². The third-order valence-corrected chi connectivity index (χ3v) is 2.81. The Bertz CT molecular complexity index is 264. The molecule has 1 aromatic rings. The van der Waals surface area contributed by atoms with E-state index in [1.807, 2.05) is 0 Å². The van der Waals surface area contributed by atoms with Crippen molar-refractivity contribution in [1.29, 1.82) is 0 Å². The van der Waals surface area contributed by atoms with Gasteiger partial charge in [0.25, 0.3) is 0 Å². The molecule has 10 heavy (non-hydrogen) atoms. The molecule has 0 fully saturated rings. The molecule has 0 spiro atoms. The Kier molecular flexibility index (Phi) is 2.58. The van der Waals surface area contributed by atoms with Gasteiger partial charge in [-0.25, -0.2) is 0 Å². The summed E-state index contributed by atoms with van der Waals surface area (Å²) >= 11 is 4.33. The van der Waals surface area contributed by atoms with E-state index in [0.717, 1.165) is 0 Å². The summed E-state index contributed by atoms with van der Waals surface area (Å²) in [5.41, 5.74) is 0. The normalized spacial score (nSPS) is 10.2. The van der Waals surface area contributed by atoms with Crippen molar-refractivity contribution in [2.45, 2.75) is 0 Å². The van der Waals surface area contributed by atoms with E-state index in [9.17, 15) is 8.13 Å². The van der Waals surface area contributed by atoms with E-state index in [4.69, 9.17) is 11.6 Å². The molecule has 0 aromatic heterocycles. The SMILES string of the molecule is O=[As]c1cc(F)ccc1Cl. The fourth-order valence-corrected chi connectivity index (χ4v) is 1.56. The zero-order valence-corrected chi connectivity index (χ0v) is 7.48. The minimum atomic E-state index is -1.22. The molecular weight excluding hydrogens is 217 g/mol. The van der Waals surface area contributed by atoms with Crippen LogP contribution in [0.4, 0.5) is 4.39 Å². The molecule has 0 saturated carbocycles. The number of hydrogen-bond donors (Lipinski definition) is 0. The second-order valence-corrected chi connectivity index (χ2v) is 3.49. The molecule has 1 nitrogen and oxygen atoms in total. The molecule has 0 amide bonds. The molecule has 0 aliphatic carbocycles. The van der Waals surface area contributed by atoms with E-state index in [-0.39, 0.29) is 0 Å². The van der Waals surface area contributed by atoms with Gasteiger partial charge in [0.1, 0.15) is 0 Å². The van der Waals surface area contributed by atoms with Crippen molar-refractivity contribution in [1.82, 2.24) is 0 Å². The van der Waals surface area contributed by atoms with Crippen LogP contribution in [0.5, 0.6) is 0 Å². The summed E-state index contributed by atoms with van der Waals surface area (Å²) in [6.07, 6.45) is 0. The number of rotatable bonds is 1. The van der Waals surface area contributed by atoms with E-state index < -0.39 is 21.5 Å². The van der Waals surface area contributed by atoms with Gasteiger partial charge in [-0.15, -0.1) is 0 Å². The summed E-state index contributed by atoms with van der Waals surface area (Å²) in [5.74, 6) is -0.398. The van der Waals surface area contributed by atoms with Gasteiger partial charge >= 0.3 is 68.8 Å². The van der Waals surface area contributed by atoms with Gasteiger partial charge in [0.15, 0.2) is 0 Å². The quantitative estimate of drug-likeness (QED) is 0.649. The zero-order valence-electron chi connectivity index (χ0n) is 4.84. The van der Waals surface area contributed by atoms with Crippen molar-refractivity contribution in [2.24, 2.45) is 0 Å². The number of hydrogen-bond acceptors (Lipinski definition) is 1. The molecule has 4 heteroatoms. The molecule has 0 aliphatic heterocycles. The number of halogens is 2. The van der Waals surface area contributed by atoms with Crippen molar-refractivity contribution in [3.05, 3.63) is 29.0 Å². The molecule has 0 saturated heterocycles. The molecular formula is C6H3AsClFO. The van der Waals surface area contributed by atoms with Crippen LogP contribution in [0.2, 0.25) is 5.02 Å². The van der Waals surface area contributed by atoms with Crippen LogP contribution >= 0.6 is 11.6 Å². The van der Waals surface area contributed by atoms with Gasteiger partial charge in [-0.2, -0.15) is 0 Å². The fourth-order valence-electron chi connectivity index (χ4n) is 0.556. The third-order valence-electron chi connectivity index (χ3n) is 1.01. The van der Waals surface area contributed by atoms with E-state index in [1.54, 1.807) is 0 Å². The van der Waals surface area contributed by atoms with Crippen LogP contribution in [0.1, 0.15) is 0 Å². The van der Waals surface area contributed by atoms with E-state index in [2.05, 4.69) is 0 Å². The molecule has 0 bridgehead atoms. The first kappa shape index (κ1) is 7.90. The molecule has 0 N–H and O–H groups in total. The zero-order chi connectivity index (χ0) is 7.56. The summed E-state index contributed by atoms with van der Waals surface area (Å²) in [6, 6.07) is 3.83. The van der Waals surface area contributed by atoms with E-state index >= 15 is 0 Å². The van der Waals surface area contributed by atoms with Crippen molar-refractivity contribution < 1.29 is 8.13 Å². The topological polar surface area (TPSA) is 17.1 Å². The maximum atomic E-state index is 12.4. The Morgan fingerprint density at radius 1 is 1.50 bits per heavy atom. The van der Waals surface area contributed by atoms with Crippen molar-refractivity contribution in [3.63, 3.8) is 0 Å². The maximum absolute atomic E-state index is 12.4. The summed E-state index contributed by atoms with van der Waals surface area (Å²) in [4.78, 5) is 0. The van der Waals surface area contributed by atoms with Crippen LogP contribution in [0, 0.1) is 5.82 Å². The van der Waals surface area contributed by atoms with E-state index in [0.29, 0.717) is 9.37 Å². The van der Waals surface area contributed by atoms with Gasteiger partial charge in [0.05, 0.1) is 0 Å². The number of benzene rings is 1. The van der Waals surface area contributed by atoms with Gasteiger partial charge in [-0.3, -0.25) is 0 Å². The van der Waals surface area contributed by atoms with Crippen LogP contribution in [0.3, 0.4) is 0 Å². The summed E-state index contributed by atoms with van der Waals surface area (Å²) < 4.78 is 23.1. The summed E-state index contributed by atoms with van der Waals surface area (Å²) in [6.45, 7) is 0. The molecule has 0 unspecified atom stereocenters. The Morgan fingerprint density at radius 2 is 2.20 bits per heavy atom. The van der Waals surface area contributed by atoms with Crippen molar-refractivity contribution >= 4 is 31.6 Å². The van der Waals surface area contributed by atoms with Crippen LogP contribution < -0.4 is 4.35 Å². The molecule has 0 aliphatic rings. The first-order valence-corrected chi connectivity index (χ1v) is 4.60. The fraction of sp³-hybridized carbons (Fsp3) is 0. The Morgan fingerprint density at radius 3 is 2.70 bits per heavy atom. The average Bonchev–Trinajstić information content (AvgIpc) is 1.94. The van der Waals surface area contributed by atoms with Crippen LogP contribution in [-0.2, 0) is 3.74 Å². The Hall–Kier alpha value is -0.202. The minimum absolute atomic E-state index is 0.372. The predicted molar refractivity (Wildman–Crippen MR) is 37.5 cm³/mol. The Labute approximate surface area is 69.1 Å². The van der Waals surface area contributed by atoms with Gasteiger partial charge in [0.2, 0.25) is 0 Å². The van der Waals surface area contributed by atoms with Crippen LogP contribution in [0.15, 0.2) is 18.2 Å². The monoisotopic (exact) mass is 220 g/mol. The predicted octanol–water partition coefficient (Wildman–Crippen LogP) is 1.15. The first-order chi connectivity index (χ1) is 4.74. The standard InChI is InChI=1S/C6H3AsClFO/c8-6-2-1-4(9)3-5(6)7-10/h1-3H. The molecule has 1 rings (SSSR count). The van der Waals surface area contributed by atoms with E-state index in [1.165, 1.54) is 18.2 Å². The third kappa shape index (κ3) is 1.65. The second-order valence-electron chi connectivity index (χ2n) is 1.69. The molecule has 0 radical (unpaired) electrons.